The van der Waals surface area contributed by atoms with Crippen LogP contribution in [-0.4, -0.2) is 0 Å². The van der Waals surface area contributed by atoms with Crippen LogP contribution in [0.3, 0.4) is 0 Å². The van der Waals surface area contributed by atoms with Crippen LogP contribution in [0.5, 0.6) is 0 Å². The molecule has 12 heavy (non-hydrogen) atoms. The average Bonchev–Trinajstić information content (AvgIpc) is 2.52. The predicted molar refractivity (Wildman–Crippen MR) is 50.0 cm³/mol. The molecule has 1 aliphatic carbocycles. The number of hydrogen-bond acceptors (Lipinski definition) is 0. The van der Waals surface area contributed by atoms with Crippen LogP contribution < -0.4 is 0 Å². The maximum Gasteiger partial charge on any atom is 0.0218 e. The SMILES string of the molecule is [C]1Cc2cccc3cccc1c23. The zero-order valence-electron chi connectivity index (χ0n) is 6.67. The second-order valence-electron chi connectivity index (χ2n) is 3.17. The Morgan fingerprint density at radius 1 is 1.00 bits per heavy atom. The molecule has 0 saturated heterocycles. The molecule has 2 aromatic rings. The van der Waals surface area contributed by atoms with E-state index in [1.165, 1.54) is 21.9 Å². The highest BCUT2D eigenvalue weighted by Crippen LogP contribution is 2.31. The van der Waals surface area contributed by atoms with E-state index in [9.17, 15) is 0 Å². The van der Waals surface area contributed by atoms with Crippen molar-refractivity contribution in [3.63, 3.8) is 0 Å². The highest BCUT2D eigenvalue weighted by atomic mass is 14.2. The van der Waals surface area contributed by atoms with Crippen molar-refractivity contribution in [3.05, 3.63) is 53.9 Å². The van der Waals surface area contributed by atoms with E-state index < -0.39 is 0 Å². The summed E-state index contributed by atoms with van der Waals surface area (Å²) in [7, 11) is 0. The van der Waals surface area contributed by atoms with Crippen LogP contribution in [0.25, 0.3) is 10.8 Å². The third kappa shape index (κ3) is 0.672. The molecule has 0 unspecified atom stereocenters. The van der Waals surface area contributed by atoms with Gasteiger partial charge >= 0.3 is 0 Å². The molecule has 0 heteroatoms. The van der Waals surface area contributed by atoms with Gasteiger partial charge in [0.25, 0.3) is 0 Å². The summed E-state index contributed by atoms with van der Waals surface area (Å²) < 4.78 is 0. The van der Waals surface area contributed by atoms with Crippen molar-refractivity contribution in [1.82, 2.24) is 0 Å². The van der Waals surface area contributed by atoms with Gasteiger partial charge in [-0.25, -0.2) is 0 Å². The van der Waals surface area contributed by atoms with E-state index in [4.69, 9.17) is 0 Å². The molecule has 0 heterocycles. The van der Waals surface area contributed by atoms with Gasteiger partial charge in [-0.1, -0.05) is 36.4 Å². The fourth-order valence-corrected chi connectivity index (χ4v) is 1.90. The highest BCUT2D eigenvalue weighted by molar-refractivity contribution is 5.92. The molecule has 0 atom stereocenters. The van der Waals surface area contributed by atoms with Crippen molar-refractivity contribution in [3.8, 4) is 0 Å². The summed E-state index contributed by atoms with van der Waals surface area (Å²) in [5, 5.41) is 2.75. The Bertz CT molecular complexity index is 402. The molecule has 0 fully saturated rings. The van der Waals surface area contributed by atoms with Crippen LogP contribution in [0, 0.1) is 6.42 Å². The summed E-state index contributed by atoms with van der Waals surface area (Å²) in [6.07, 6.45) is 4.36. The first-order chi connectivity index (χ1) is 5.95. The lowest BCUT2D eigenvalue weighted by Crippen LogP contribution is -1.76. The minimum atomic E-state index is 0.983. The number of hydrogen-bond donors (Lipinski definition) is 0. The molecule has 0 N–H and O–H groups in total. The van der Waals surface area contributed by atoms with Crippen molar-refractivity contribution in [1.29, 1.82) is 0 Å². The molecule has 0 nitrogen and oxygen atoms in total. The summed E-state index contributed by atoms with van der Waals surface area (Å²) in [5.74, 6) is 0. The van der Waals surface area contributed by atoms with Crippen LogP contribution in [-0.2, 0) is 6.42 Å². The van der Waals surface area contributed by atoms with Gasteiger partial charge in [-0.3, -0.25) is 0 Å². The van der Waals surface area contributed by atoms with Crippen molar-refractivity contribution in [2.75, 3.05) is 0 Å². The smallest absolute Gasteiger partial charge is 0.0218 e. The van der Waals surface area contributed by atoms with Gasteiger partial charge in [0.2, 0.25) is 0 Å². The van der Waals surface area contributed by atoms with E-state index in [-0.39, 0.29) is 0 Å². The molecule has 0 saturated carbocycles. The summed E-state index contributed by atoms with van der Waals surface area (Å²) in [5.41, 5.74) is 2.70. The maximum atomic E-state index is 3.37. The van der Waals surface area contributed by atoms with Crippen molar-refractivity contribution in [2.24, 2.45) is 0 Å². The zero-order chi connectivity index (χ0) is 7.97. The first kappa shape index (κ1) is 6.24. The van der Waals surface area contributed by atoms with Crippen LogP contribution in [0.1, 0.15) is 11.1 Å². The van der Waals surface area contributed by atoms with E-state index in [0.29, 0.717) is 0 Å². The average molecular weight is 152 g/mol. The molecule has 2 aromatic carbocycles. The lowest BCUT2D eigenvalue weighted by molar-refractivity contribution is 1.25. The lowest BCUT2D eigenvalue weighted by atomic mass is 10.1. The first-order valence-corrected chi connectivity index (χ1v) is 4.20. The second-order valence-corrected chi connectivity index (χ2v) is 3.17. The van der Waals surface area contributed by atoms with Gasteiger partial charge in [0.1, 0.15) is 0 Å². The van der Waals surface area contributed by atoms with Crippen LogP contribution in [0.2, 0.25) is 0 Å². The molecule has 56 valence electrons. The maximum absolute atomic E-state index is 3.37. The van der Waals surface area contributed by atoms with Gasteiger partial charge in [-0.05, 0) is 28.3 Å². The van der Waals surface area contributed by atoms with Crippen LogP contribution in [0.4, 0.5) is 0 Å². The molecule has 0 aromatic heterocycles. The van der Waals surface area contributed by atoms with E-state index in [1.54, 1.807) is 0 Å². The Balaban J connectivity index is 2.58. The molecule has 1 aliphatic rings. The largest absolute Gasteiger partial charge is 0.0614 e. The van der Waals surface area contributed by atoms with Gasteiger partial charge < -0.3 is 0 Å². The topological polar surface area (TPSA) is 0 Å². The number of rotatable bonds is 0. The fraction of sp³-hybridized carbons (Fsp3) is 0.0833. The Labute approximate surface area is 71.8 Å². The fourth-order valence-electron chi connectivity index (χ4n) is 1.90. The Hall–Kier alpha value is -1.30. The van der Waals surface area contributed by atoms with Gasteiger partial charge in [0, 0.05) is 6.42 Å². The molecule has 2 radical (unpaired) electrons. The van der Waals surface area contributed by atoms with Crippen molar-refractivity contribution in [2.45, 2.75) is 6.42 Å². The molecule has 0 bridgehead atoms. The van der Waals surface area contributed by atoms with Crippen molar-refractivity contribution < 1.29 is 0 Å². The summed E-state index contributed by atoms with van der Waals surface area (Å²) >= 11 is 0. The van der Waals surface area contributed by atoms with Gasteiger partial charge in [-0.15, -0.1) is 0 Å². The summed E-state index contributed by atoms with van der Waals surface area (Å²) in [6.45, 7) is 0. The van der Waals surface area contributed by atoms with Crippen LogP contribution in [0.15, 0.2) is 36.4 Å². The normalized spacial score (nSPS) is 14.0. The second kappa shape index (κ2) is 2.10. The monoisotopic (exact) mass is 152 g/mol. The quantitative estimate of drug-likeness (QED) is 0.544. The third-order valence-corrected chi connectivity index (χ3v) is 2.46. The van der Waals surface area contributed by atoms with Crippen LogP contribution >= 0.6 is 0 Å². The van der Waals surface area contributed by atoms with Gasteiger partial charge in [0.05, 0.1) is 0 Å². The third-order valence-electron chi connectivity index (χ3n) is 2.46. The van der Waals surface area contributed by atoms with Gasteiger partial charge in [0.15, 0.2) is 0 Å². The summed E-state index contributed by atoms with van der Waals surface area (Å²) in [4.78, 5) is 0. The minimum Gasteiger partial charge on any atom is -0.0614 e. The predicted octanol–water partition coefficient (Wildman–Crippen LogP) is 2.83. The lowest BCUT2D eigenvalue weighted by Gasteiger charge is -1.99. The first-order valence-electron chi connectivity index (χ1n) is 4.20. The Morgan fingerprint density at radius 3 is 2.75 bits per heavy atom. The van der Waals surface area contributed by atoms with Gasteiger partial charge in [-0.2, -0.15) is 0 Å². The van der Waals surface area contributed by atoms with E-state index >= 15 is 0 Å². The summed E-state index contributed by atoms with van der Waals surface area (Å²) in [6, 6.07) is 12.9. The minimum absolute atomic E-state index is 0.983. The molecular weight excluding hydrogens is 144 g/mol. The van der Waals surface area contributed by atoms with Crippen molar-refractivity contribution >= 4 is 10.8 Å². The Morgan fingerprint density at radius 2 is 1.83 bits per heavy atom. The molecule has 3 rings (SSSR count). The number of benzene rings is 2. The molecular formula is C12H8. The highest BCUT2D eigenvalue weighted by Gasteiger charge is 2.12. The molecule has 0 amide bonds. The molecule has 0 spiro atoms. The standard InChI is InChI=1S/C12H8/c1-3-9-4-2-6-11-8-7-10(5-1)12(9)11/h1-6H,7H2. The molecule has 0 aliphatic heterocycles. The van der Waals surface area contributed by atoms with E-state index in [1.807, 2.05) is 0 Å². The van der Waals surface area contributed by atoms with E-state index in [0.717, 1.165) is 6.42 Å². The Kier molecular flexibility index (Phi) is 1.09. The zero-order valence-corrected chi connectivity index (χ0v) is 6.67. The van der Waals surface area contributed by atoms with E-state index in [2.05, 4.69) is 42.8 Å².